The average molecular weight is 392 g/mol. The predicted molar refractivity (Wildman–Crippen MR) is 111 cm³/mol. The Morgan fingerprint density at radius 1 is 1.21 bits per heavy atom. The molecule has 0 bridgehead atoms. The van der Waals surface area contributed by atoms with E-state index >= 15 is 0 Å². The summed E-state index contributed by atoms with van der Waals surface area (Å²) in [6.45, 7) is 9.36. The SMILES string of the molecule is C=CCn1cnc2oc(C)c(C(=O)N3CCN(Cc4ccccc4)CC3)c2c1=O. The predicted octanol–water partition coefficient (Wildman–Crippen LogP) is 2.44. The van der Waals surface area contributed by atoms with Gasteiger partial charge in [-0.3, -0.25) is 19.1 Å². The molecule has 1 aliphatic rings. The summed E-state index contributed by atoms with van der Waals surface area (Å²) < 4.78 is 7.05. The summed E-state index contributed by atoms with van der Waals surface area (Å²) in [6.07, 6.45) is 3.04. The first-order chi connectivity index (χ1) is 14.1. The molecular weight excluding hydrogens is 368 g/mol. The molecule has 1 saturated heterocycles. The number of aromatic nitrogens is 2. The first kappa shape index (κ1) is 19.1. The maximum Gasteiger partial charge on any atom is 0.265 e. The molecule has 1 amide bonds. The Labute approximate surface area is 168 Å². The van der Waals surface area contributed by atoms with Crippen molar-refractivity contribution < 1.29 is 9.21 Å². The molecule has 4 rings (SSSR count). The zero-order valence-electron chi connectivity index (χ0n) is 16.5. The lowest BCUT2D eigenvalue weighted by Gasteiger charge is -2.34. The van der Waals surface area contributed by atoms with Gasteiger partial charge < -0.3 is 9.32 Å². The number of rotatable bonds is 5. The second-order valence-corrected chi connectivity index (χ2v) is 7.26. The number of allylic oxidation sites excluding steroid dienone is 1. The van der Waals surface area contributed by atoms with Crippen LogP contribution in [0.1, 0.15) is 21.7 Å². The second kappa shape index (κ2) is 8.05. The number of amides is 1. The molecule has 0 unspecified atom stereocenters. The van der Waals surface area contributed by atoms with E-state index < -0.39 is 0 Å². The first-order valence-corrected chi connectivity index (χ1v) is 9.73. The fourth-order valence-corrected chi connectivity index (χ4v) is 3.77. The van der Waals surface area contributed by atoms with Gasteiger partial charge in [-0.15, -0.1) is 6.58 Å². The summed E-state index contributed by atoms with van der Waals surface area (Å²) in [5.41, 5.74) is 1.52. The largest absolute Gasteiger partial charge is 0.442 e. The summed E-state index contributed by atoms with van der Waals surface area (Å²) in [5, 5.41) is 0.253. The minimum Gasteiger partial charge on any atom is -0.442 e. The van der Waals surface area contributed by atoms with Crippen LogP contribution in [0.4, 0.5) is 0 Å². The molecule has 150 valence electrons. The lowest BCUT2D eigenvalue weighted by Crippen LogP contribution is -2.48. The molecule has 29 heavy (non-hydrogen) atoms. The number of piperazine rings is 1. The number of fused-ring (bicyclic) bond motifs is 1. The maximum atomic E-state index is 13.2. The van der Waals surface area contributed by atoms with Gasteiger partial charge in [0, 0.05) is 39.3 Å². The van der Waals surface area contributed by atoms with E-state index in [2.05, 4.69) is 28.6 Å². The van der Waals surface area contributed by atoms with Gasteiger partial charge in [0.05, 0.1) is 5.56 Å². The molecule has 0 spiro atoms. The average Bonchev–Trinajstić information content (AvgIpc) is 3.08. The van der Waals surface area contributed by atoms with E-state index in [9.17, 15) is 9.59 Å². The topological polar surface area (TPSA) is 71.6 Å². The number of nitrogens with zero attached hydrogens (tertiary/aromatic N) is 4. The van der Waals surface area contributed by atoms with Gasteiger partial charge >= 0.3 is 0 Å². The van der Waals surface area contributed by atoms with Crippen LogP contribution in [0.2, 0.25) is 0 Å². The Morgan fingerprint density at radius 2 is 1.93 bits per heavy atom. The third-order valence-electron chi connectivity index (χ3n) is 5.30. The summed E-state index contributed by atoms with van der Waals surface area (Å²) in [4.78, 5) is 34.4. The fraction of sp³-hybridized carbons (Fsp3) is 0.318. The summed E-state index contributed by atoms with van der Waals surface area (Å²) >= 11 is 0. The van der Waals surface area contributed by atoms with Crippen molar-refractivity contribution in [2.75, 3.05) is 26.2 Å². The van der Waals surface area contributed by atoms with E-state index in [-0.39, 0.29) is 22.6 Å². The van der Waals surface area contributed by atoms with Gasteiger partial charge in [-0.05, 0) is 12.5 Å². The van der Waals surface area contributed by atoms with E-state index in [1.165, 1.54) is 16.5 Å². The van der Waals surface area contributed by atoms with E-state index in [1.807, 2.05) is 18.2 Å². The van der Waals surface area contributed by atoms with Crippen molar-refractivity contribution in [2.45, 2.75) is 20.0 Å². The molecule has 0 saturated carbocycles. The highest BCUT2D eigenvalue weighted by atomic mass is 16.3. The fourth-order valence-electron chi connectivity index (χ4n) is 3.77. The normalized spacial score (nSPS) is 15.0. The Morgan fingerprint density at radius 3 is 2.62 bits per heavy atom. The van der Waals surface area contributed by atoms with Crippen molar-refractivity contribution in [1.82, 2.24) is 19.4 Å². The number of benzene rings is 1. The Kier molecular flexibility index (Phi) is 5.31. The van der Waals surface area contributed by atoms with Crippen molar-refractivity contribution >= 4 is 17.0 Å². The Balaban J connectivity index is 1.54. The minimum atomic E-state index is -0.280. The summed E-state index contributed by atoms with van der Waals surface area (Å²) in [7, 11) is 0. The number of carbonyl (C=O) groups excluding carboxylic acids is 1. The van der Waals surface area contributed by atoms with Crippen LogP contribution < -0.4 is 5.56 Å². The highest BCUT2D eigenvalue weighted by Crippen LogP contribution is 2.23. The molecular formula is C22H24N4O3. The van der Waals surface area contributed by atoms with Crippen LogP contribution >= 0.6 is 0 Å². The Bertz CT molecular complexity index is 1090. The van der Waals surface area contributed by atoms with E-state index in [1.54, 1.807) is 17.9 Å². The van der Waals surface area contributed by atoms with Crippen molar-refractivity contribution in [2.24, 2.45) is 0 Å². The third kappa shape index (κ3) is 3.73. The van der Waals surface area contributed by atoms with Crippen LogP contribution in [0.25, 0.3) is 11.1 Å². The quantitative estimate of drug-likeness (QED) is 0.624. The third-order valence-corrected chi connectivity index (χ3v) is 5.30. The summed E-state index contributed by atoms with van der Waals surface area (Å²) in [6, 6.07) is 10.3. The van der Waals surface area contributed by atoms with E-state index in [4.69, 9.17) is 4.42 Å². The van der Waals surface area contributed by atoms with E-state index in [0.717, 1.165) is 19.6 Å². The molecule has 2 aromatic heterocycles. The van der Waals surface area contributed by atoms with Gasteiger partial charge in [0.15, 0.2) is 0 Å². The molecule has 1 aromatic carbocycles. The van der Waals surface area contributed by atoms with Crippen LogP contribution in [0, 0.1) is 6.92 Å². The lowest BCUT2D eigenvalue weighted by atomic mass is 10.1. The smallest absolute Gasteiger partial charge is 0.265 e. The van der Waals surface area contributed by atoms with Crippen molar-refractivity contribution in [3.05, 3.63) is 76.6 Å². The standard InChI is InChI=1S/C22H24N4O3/c1-3-9-26-15-23-20-19(22(26)28)18(16(2)29-20)21(27)25-12-10-24(11-13-25)14-17-7-5-4-6-8-17/h3-8,15H,1,9-14H2,2H3. The highest BCUT2D eigenvalue weighted by Gasteiger charge is 2.28. The molecule has 0 radical (unpaired) electrons. The molecule has 1 aliphatic heterocycles. The Hall–Kier alpha value is -3.19. The molecule has 3 heterocycles. The number of hydrogen-bond acceptors (Lipinski definition) is 5. The molecule has 3 aromatic rings. The molecule has 7 nitrogen and oxygen atoms in total. The molecule has 0 aliphatic carbocycles. The van der Waals surface area contributed by atoms with Gasteiger partial charge in [-0.1, -0.05) is 36.4 Å². The van der Waals surface area contributed by atoms with Crippen molar-refractivity contribution in [1.29, 1.82) is 0 Å². The van der Waals surface area contributed by atoms with Crippen LogP contribution in [0.5, 0.6) is 0 Å². The van der Waals surface area contributed by atoms with Crippen LogP contribution in [-0.4, -0.2) is 51.4 Å². The number of hydrogen-bond donors (Lipinski definition) is 0. The molecule has 7 heteroatoms. The number of carbonyl (C=O) groups is 1. The zero-order valence-corrected chi connectivity index (χ0v) is 16.5. The van der Waals surface area contributed by atoms with Crippen LogP contribution in [0.15, 0.2) is 58.5 Å². The minimum absolute atomic E-state index is 0.170. The van der Waals surface area contributed by atoms with Crippen LogP contribution in [0.3, 0.4) is 0 Å². The van der Waals surface area contributed by atoms with Crippen molar-refractivity contribution in [3.8, 4) is 0 Å². The highest BCUT2D eigenvalue weighted by molar-refractivity contribution is 6.06. The number of aryl methyl sites for hydroxylation is 1. The van der Waals surface area contributed by atoms with Crippen molar-refractivity contribution in [3.63, 3.8) is 0 Å². The van der Waals surface area contributed by atoms with Gasteiger partial charge in [0.1, 0.15) is 17.5 Å². The molecule has 1 fully saturated rings. The van der Waals surface area contributed by atoms with Crippen LogP contribution in [-0.2, 0) is 13.1 Å². The maximum absolute atomic E-state index is 13.2. The monoisotopic (exact) mass is 392 g/mol. The zero-order chi connectivity index (χ0) is 20.4. The second-order valence-electron chi connectivity index (χ2n) is 7.26. The first-order valence-electron chi connectivity index (χ1n) is 9.73. The van der Waals surface area contributed by atoms with Gasteiger partial charge in [-0.2, -0.15) is 0 Å². The van der Waals surface area contributed by atoms with E-state index in [0.29, 0.717) is 31.0 Å². The summed E-state index contributed by atoms with van der Waals surface area (Å²) in [5.74, 6) is 0.258. The van der Waals surface area contributed by atoms with Gasteiger partial charge in [0.25, 0.3) is 11.5 Å². The molecule has 0 N–H and O–H groups in total. The lowest BCUT2D eigenvalue weighted by molar-refractivity contribution is 0.0628. The van der Waals surface area contributed by atoms with Gasteiger partial charge in [0.2, 0.25) is 5.71 Å². The molecule has 0 atom stereocenters. The van der Waals surface area contributed by atoms with Gasteiger partial charge in [-0.25, -0.2) is 4.98 Å². The number of furan rings is 1.